The first-order valence-corrected chi connectivity index (χ1v) is 8.26. The second kappa shape index (κ2) is 8.14. The fourth-order valence-electron chi connectivity index (χ4n) is 2.46. The topological polar surface area (TPSA) is 82.8 Å². The van der Waals surface area contributed by atoms with Crippen molar-refractivity contribution in [2.75, 3.05) is 25.3 Å². The van der Waals surface area contributed by atoms with E-state index in [1.165, 1.54) is 0 Å². The Balaban J connectivity index is 1.82. The lowest BCUT2D eigenvalue weighted by Crippen LogP contribution is -2.13. The Morgan fingerprint density at radius 3 is 1.96 bits per heavy atom. The van der Waals surface area contributed by atoms with Crippen molar-refractivity contribution < 1.29 is 19.0 Å². The molecule has 3 rings (SSSR count). The SMILES string of the molecule is COc1ccc(NC(=O)c2cc(N)ccc2Oc2ccc(OC)cc2)cc1. The average Bonchev–Trinajstić information content (AvgIpc) is 2.70. The summed E-state index contributed by atoms with van der Waals surface area (Å²) in [6, 6.07) is 19.1. The molecule has 0 saturated carbocycles. The maximum atomic E-state index is 12.7. The molecule has 1 amide bonds. The number of methoxy groups -OCH3 is 2. The van der Waals surface area contributed by atoms with Gasteiger partial charge >= 0.3 is 0 Å². The Morgan fingerprint density at radius 1 is 0.815 bits per heavy atom. The number of amides is 1. The summed E-state index contributed by atoms with van der Waals surface area (Å²) in [7, 11) is 3.18. The third kappa shape index (κ3) is 4.49. The van der Waals surface area contributed by atoms with Crippen molar-refractivity contribution >= 4 is 17.3 Å². The van der Waals surface area contributed by atoms with Gasteiger partial charge < -0.3 is 25.3 Å². The van der Waals surface area contributed by atoms with Gasteiger partial charge in [0.2, 0.25) is 0 Å². The highest BCUT2D eigenvalue weighted by molar-refractivity contribution is 6.06. The molecule has 0 fully saturated rings. The van der Waals surface area contributed by atoms with Crippen LogP contribution in [0.25, 0.3) is 0 Å². The molecule has 0 radical (unpaired) electrons. The maximum absolute atomic E-state index is 12.7. The number of carbonyl (C=O) groups excluding carboxylic acids is 1. The molecule has 6 heteroatoms. The predicted octanol–water partition coefficient (Wildman–Crippen LogP) is 4.33. The zero-order valence-corrected chi connectivity index (χ0v) is 15.1. The van der Waals surface area contributed by atoms with Crippen molar-refractivity contribution in [3.63, 3.8) is 0 Å². The highest BCUT2D eigenvalue weighted by Crippen LogP contribution is 2.29. The number of nitrogens with one attached hydrogen (secondary N) is 1. The Labute approximate surface area is 157 Å². The number of anilines is 2. The summed E-state index contributed by atoms with van der Waals surface area (Å²) in [5.41, 5.74) is 7.30. The van der Waals surface area contributed by atoms with Crippen LogP contribution in [-0.4, -0.2) is 20.1 Å². The van der Waals surface area contributed by atoms with E-state index in [0.29, 0.717) is 34.2 Å². The van der Waals surface area contributed by atoms with E-state index < -0.39 is 0 Å². The standard InChI is InChI=1S/C21H20N2O4/c1-25-16-6-4-15(5-7-16)23-21(24)19-13-14(22)3-12-20(19)27-18-10-8-17(26-2)9-11-18/h3-13H,22H2,1-2H3,(H,23,24). The molecule has 138 valence electrons. The molecule has 6 nitrogen and oxygen atoms in total. The second-order valence-corrected chi connectivity index (χ2v) is 5.72. The first kappa shape index (κ1) is 18.1. The minimum Gasteiger partial charge on any atom is -0.497 e. The van der Waals surface area contributed by atoms with Crippen LogP contribution in [0.1, 0.15) is 10.4 Å². The summed E-state index contributed by atoms with van der Waals surface area (Å²) in [5, 5.41) is 2.83. The second-order valence-electron chi connectivity index (χ2n) is 5.72. The van der Waals surface area contributed by atoms with Crippen LogP contribution in [0.3, 0.4) is 0 Å². The van der Waals surface area contributed by atoms with E-state index in [-0.39, 0.29) is 5.91 Å². The van der Waals surface area contributed by atoms with E-state index in [9.17, 15) is 4.79 Å². The zero-order valence-electron chi connectivity index (χ0n) is 15.1. The highest BCUT2D eigenvalue weighted by Gasteiger charge is 2.14. The molecule has 0 aliphatic heterocycles. The molecule has 3 N–H and O–H groups in total. The van der Waals surface area contributed by atoms with Gasteiger partial charge in [-0.3, -0.25) is 4.79 Å². The normalized spacial score (nSPS) is 10.1. The molecule has 0 aliphatic carbocycles. The lowest BCUT2D eigenvalue weighted by Gasteiger charge is -2.13. The van der Waals surface area contributed by atoms with Gasteiger partial charge in [0.15, 0.2) is 0 Å². The predicted molar refractivity (Wildman–Crippen MR) is 105 cm³/mol. The number of rotatable bonds is 6. The first-order valence-electron chi connectivity index (χ1n) is 8.26. The van der Waals surface area contributed by atoms with E-state index in [0.717, 1.165) is 5.75 Å². The molecule has 0 aromatic heterocycles. The Hall–Kier alpha value is -3.67. The van der Waals surface area contributed by atoms with Crippen molar-refractivity contribution in [2.24, 2.45) is 0 Å². The quantitative estimate of drug-likeness (QED) is 0.636. The molecule has 0 bridgehead atoms. The highest BCUT2D eigenvalue weighted by atomic mass is 16.5. The molecule has 0 spiro atoms. The third-order valence-corrected chi connectivity index (χ3v) is 3.88. The molecule has 3 aromatic rings. The molecular formula is C21H20N2O4. The van der Waals surface area contributed by atoms with Gasteiger partial charge in [-0.05, 0) is 66.7 Å². The molecule has 0 heterocycles. The van der Waals surface area contributed by atoms with Crippen LogP contribution in [-0.2, 0) is 0 Å². The monoisotopic (exact) mass is 364 g/mol. The summed E-state index contributed by atoms with van der Waals surface area (Å²) >= 11 is 0. The molecule has 3 aromatic carbocycles. The Bertz CT molecular complexity index is 922. The van der Waals surface area contributed by atoms with Gasteiger partial charge in [-0.2, -0.15) is 0 Å². The number of carbonyl (C=O) groups is 1. The van der Waals surface area contributed by atoms with Gasteiger partial charge in [-0.1, -0.05) is 0 Å². The van der Waals surface area contributed by atoms with Crippen molar-refractivity contribution in [1.29, 1.82) is 0 Å². The first-order chi connectivity index (χ1) is 13.1. The van der Waals surface area contributed by atoms with Gasteiger partial charge in [-0.25, -0.2) is 0 Å². The van der Waals surface area contributed by atoms with E-state index in [1.807, 2.05) is 0 Å². The van der Waals surface area contributed by atoms with Crippen LogP contribution in [0.5, 0.6) is 23.0 Å². The molecular weight excluding hydrogens is 344 g/mol. The number of hydrogen-bond donors (Lipinski definition) is 2. The molecule has 0 aliphatic rings. The molecule has 0 atom stereocenters. The van der Waals surface area contributed by atoms with Crippen LogP contribution in [0.4, 0.5) is 11.4 Å². The van der Waals surface area contributed by atoms with Gasteiger partial charge in [0, 0.05) is 11.4 Å². The number of ether oxygens (including phenoxy) is 3. The Morgan fingerprint density at radius 2 is 1.37 bits per heavy atom. The molecule has 0 saturated heterocycles. The number of nitrogens with two attached hydrogens (primary N) is 1. The molecule has 0 unspecified atom stereocenters. The van der Waals surface area contributed by atoms with E-state index in [2.05, 4.69) is 5.32 Å². The fourth-order valence-corrected chi connectivity index (χ4v) is 2.46. The summed E-state index contributed by atoms with van der Waals surface area (Å²) < 4.78 is 16.1. The summed E-state index contributed by atoms with van der Waals surface area (Å²) in [6.07, 6.45) is 0. The van der Waals surface area contributed by atoms with Crippen molar-refractivity contribution in [3.8, 4) is 23.0 Å². The van der Waals surface area contributed by atoms with Crippen LogP contribution in [0.15, 0.2) is 66.7 Å². The lowest BCUT2D eigenvalue weighted by molar-refractivity contribution is 0.102. The van der Waals surface area contributed by atoms with Crippen molar-refractivity contribution in [2.45, 2.75) is 0 Å². The fraction of sp³-hybridized carbons (Fsp3) is 0.0952. The Kier molecular flexibility index (Phi) is 5.47. The summed E-state index contributed by atoms with van der Waals surface area (Å²) in [5.74, 6) is 2.09. The summed E-state index contributed by atoms with van der Waals surface area (Å²) in [6.45, 7) is 0. The van der Waals surface area contributed by atoms with Crippen LogP contribution in [0, 0.1) is 0 Å². The number of hydrogen-bond acceptors (Lipinski definition) is 5. The van der Waals surface area contributed by atoms with Gasteiger partial charge in [-0.15, -0.1) is 0 Å². The van der Waals surface area contributed by atoms with E-state index in [4.69, 9.17) is 19.9 Å². The van der Waals surface area contributed by atoms with Gasteiger partial charge in [0.05, 0.1) is 19.8 Å². The van der Waals surface area contributed by atoms with Crippen LogP contribution >= 0.6 is 0 Å². The average molecular weight is 364 g/mol. The van der Waals surface area contributed by atoms with Crippen LogP contribution < -0.4 is 25.3 Å². The van der Waals surface area contributed by atoms with Gasteiger partial charge in [0.1, 0.15) is 23.0 Å². The van der Waals surface area contributed by atoms with Crippen molar-refractivity contribution in [3.05, 3.63) is 72.3 Å². The van der Waals surface area contributed by atoms with Crippen LogP contribution in [0.2, 0.25) is 0 Å². The molecule has 27 heavy (non-hydrogen) atoms. The summed E-state index contributed by atoms with van der Waals surface area (Å²) in [4.78, 5) is 12.7. The number of benzene rings is 3. The van der Waals surface area contributed by atoms with Crippen molar-refractivity contribution in [1.82, 2.24) is 0 Å². The zero-order chi connectivity index (χ0) is 19.2. The largest absolute Gasteiger partial charge is 0.497 e. The number of nitrogen functional groups attached to an aromatic ring is 1. The van der Waals surface area contributed by atoms with E-state index in [1.54, 1.807) is 80.9 Å². The lowest BCUT2D eigenvalue weighted by atomic mass is 10.1. The third-order valence-electron chi connectivity index (χ3n) is 3.88. The minimum absolute atomic E-state index is 0.323. The smallest absolute Gasteiger partial charge is 0.259 e. The minimum atomic E-state index is -0.323. The van der Waals surface area contributed by atoms with E-state index >= 15 is 0 Å². The van der Waals surface area contributed by atoms with Gasteiger partial charge in [0.25, 0.3) is 5.91 Å². The maximum Gasteiger partial charge on any atom is 0.259 e.